The summed E-state index contributed by atoms with van der Waals surface area (Å²) in [5.74, 6) is 3.78. The van der Waals surface area contributed by atoms with Crippen LogP contribution in [0.1, 0.15) is 51.9 Å². The second-order valence-electron chi connectivity index (χ2n) is 8.19. The lowest BCUT2D eigenvalue weighted by molar-refractivity contribution is 0.127. The Labute approximate surface area is 186 Å². The zero-order chi connectivity index (χ0) is 21.1. The Hall–Kier alpha value is -0.910. The zero-order valence-corrected chi connectivity index (χ0v) is 19.8. The number of unbranched alkanes of at least 4 members (excludes halogenated alkanes) is 2. The topological polar surface area (TPSA) is 32.8 Å². The number of amides is 1. The van der Waals surface area contributed by atoms with Crippen LogP contribution in [0.15, 0.2) is 24.3 Å². The Morgan fingerprint density at radius 2 is 1.79 bits per heavy atom. The van der Waals surface area contributed by atoms with Gasteiger partial charge < -0.3 is 14.5 Å². The predicted octanol–water partition coefficient (Wildman–Crippen LogP) is 6.18. The normalized spacial score (nSPS) is 19.3. The van der Waals surface area contributed by atoms with E-state index in [0.29, 0.717) is 10.8 Å². The van der Waals surface area contributed by atoms with Crippen LogP contribution in [0.2, 0.25) is 5.02 Å². The van der Waals surface area contributed by atoms with Gasteiger partial charge in [0.05, 0.1) is 0 Å². The molecular weight excluding hydrogens is 404 g/mol. The fourth-order valence-corrected chi connectivity index (χ4v) is 5.14. The molecule has 164 valence electrons. The Balaban J connectivity index is 1.60. The van der Waals surface area contributed by atoms with E-state index in [4.69, 9.17) is 16.3 Å². The number of benzene rings is 1. The number of ether oxygens (including phenoxy) is 1. The summed E-state index contributed by atoms with van der Waals surface area (Å²) in [5.41, 5.74) is 0. The van der Waals surface area contributed by atoms with Crippen molar-refractivity contribution in [3.8, 4) is 5.75 Å². The molecule has 1 aliphatic carbocycles. The largest absolute Gasteiger partial charge is 0.415 e. The van der Waals surface area contributed by atoms with Crippen LogP contribution in [0.3, 0.4) is 0 Å². The minimum Gasteiger partial charge on any atom is -0.410 e. The monoisotopic (exact) mass is 440 g/mol. The van der Waals surface area contributed by atoms with E-state index in [-0.39, 0.29) is 12.1 Å². The molecule has 1 fully saturated rings. The van der Waals surface area contributed by atoms with Crippen LogP contribution in [0.25, 0.3) is 0 Å². The molecule has 29 heavy (non-hydrogen) atoms. The molecule has 1 aromatic carbocycles. The molecular formula is C23H37ClN2O2S. The van der Waals surface area contributed by atoms with Crippen molar-refractivity contribution in [2.45, 2.75) is 57.9 Å². The maximum Gasteiger partial charge on any atom is 0.415 e. The van der Waals surface area contributed by atoms with Gasteiger partial charge in [-0.05, 0) is 81.6 Å². The van der Waals surface area contributed by atoms with Crippen LogP contribution in [-0.4, -0.2) is 60.6 Å². The lowest BCUT2D eigenvalue weighted by atomic mass is 9.87. The van der Waals surface area contributed by atoms with Crippen molar-refractivity contribution in [3.63, 3.8) is 0 Å². The highest BCUT2D eigenvalue weighted by Gasteiger charge is 2.27. The van der Waals surface area contributed by atoms with Crippen molar-refractivity contribution in [3.05, 3.63) is 29.3 Å². The third-order valence-electron chi connectivity index (χ3n) is 5.79. The Bertz CT molecular complexity index is 591. The number of nitrogens with zero attached hydrogens (tertiary/aromatic N) is 2. The first-order valence-corrected chi connectivity index (χ1v) is 12.5. The van der Waals surface area contributed by atoms with Crippen LogP contribution in [0.4, 0.5) is 4.79 Å². The Kier molecular flexibility index (Phi) is 11.3. The third-order valence-corrected chi connectivity index (χ3v) is 7.22. The molecule has 6 heteroatoms. The summed E-state index contributed by atoms with van der Waals surface area (Å²) >= 11 is 7.97. The van der Waals surface area contributed by atoms with Crippen molar-refractivity contribution in [2.24, 2.45) is 5.92 Å². The molecule has 0 saturated heterocycles. The van der Waals surface area contributed by atoms with Gasteiger partial charge in [0.25, 0.3) is 0 Å². The lowest BCUT2D eigenvalue weighted by Gasteiger charge is -2.34. The predicted molar refractivity (Wildman–Crippen MR) is 125 cm³/mol. The number of hydrogen-bond acceptors (Lipinski definition) is 4. The van der Waals surface area contributed by atoms with Gasteiger partial charge in [0, 0.05) is 30.4 Å². The van der Waals surface area contributed by atoms with E-state index in [0.717, 1.165) is 18.8 Å². The zero-order valence-electron chi connectivity index (χ0n) is 18.2. The fraction of sp³-hybridized carbons (Fsp3) is 0.696. The smallest absolute Gasteiger partial charge is 0.410 e. The van der Waals surface area contributed by atoms with Crippen LogP contribution in [0, 0.1) is 5.92 Å². The van der Waals surface area contributed by atoms with Crippen molar-refractivity contribution >= 4 is 29.5 Å². The fourth-order valence-electron chi connectivity index (χ4n) is 3.74. The maximum atomic E-state index is 12.4. The SMILES string of the molecule is CCCCCN(C)CCSCC1CCC(N(C)C(=O)Oc2ccc(Cl)cc2)CC1. The summed E-state index contributed by atoms with van der Waals surface area (Å²) in [4.78, 5) is 16.6. The second kappa shape index (κ2) is 13.4. The number of carbonyl (C=O) groups excluding carboxylic acids is 1. The molecule has 0 bridgehead atoms. The molecule has 1 saturated carbocycles. The van der Waals surface area contributed by atoms with Gasteiger partial charge in [0.1, 0.15) is 5.75 Å². The van der Waals surface area contributed by atoms with Crippen LogP contribution < -0.4 is 4.74 Å². The van der Waals surface area contributed by atoms with Gasteiger partial charge in [0.15, 0.2) is 0 Å². The van der Waals surface area contributed by atoms with E-state index in [1.807, 2.05) is 7.05 Å². The molecule has 0 unspecified atom stereocenters. The Morgan fingerprint density at radius 1 is 1.10 bits per heavy atom. The average Bonchev–Trinajstić information content (AvgIpc) is 2.73. The molecule has 0 aliphatic heterocycles. The van der Waals surface area contributed by atoms with E-state index in [1.54, 1.807) is 29.2 Å². The van der Waals surface area contributed by atoms with E-state index in [1.165, 1.54) is 56.7 Å². The summed E-state index contributed by atoms with van der Waals surface area (Å²) in [6.07, 6.45) is 8.18. The first-order chi connectivity index (χ1) is 14.0. The first kappa shape index (κ1) is 24.4. The molecule has 4 nitrogen and oxygen atoms in total. The van der Waals surface area contributed by atoms with Gasteiger partial charge in [-0.25, -0.2) is 4.79 Å². The lowest BCUT2D eigenvalue weighted by Crippen LogP contribution is -2.41. The molecule has 0 heterocycles. The van der Waals surface area contributed by atoms with Crippen molar-refractivity contribution in [2.75, 3.05) is 38.7 Å². The number of carbonyl (C=O) groups is 1. The molecule has 0 aromatic heterocycles. The minimum absolute atomic E-state index is 0.278. The summed E-state index contributed by atoms with van der Waals surface area (Å²) in [5, 5.41) is 0.637. The van der Waals surface area contributed by atoms with E-state index in [9.17, 15) is 4.79 Å². The summed E-state index contributed by atoms with van der Waals surface area (Å²) in [6.45, 7) is 4.66. The molecule has 0 spiro atoms. The van der Waals surface area contributed by atoms with Crippen molar-refractivity contribution in [1.29, 1.82) is 0 Å². The summed E-state index contributed by atoms with van der Waals surface area (Å²) in [7, 11) is 4.09. The van der Waals surface area contributed by atoms with Gasteiger partial charge in [-0.2, -0.15) is 11.8 Å². The van der Waals surface area contributed by atoms with Gasteiger partial charge in [-0.1, -0.05) is 31.4 Å². The second-order valence-corrected chi connectivity index (χ2v) is 9.78. The standard InChI is InChI=1S/C23H37ClN2O2S/c1-4-5-6-15-25(2)16-17-29-18-19-7-11-21(12-8-19)26(3)23(27)28-22-13-9-20(24)10-14-22/h9-10,13-14,19,21H,4-8,11-12,15-18H2,1-3H3. The highest BCUT2D eigenvalue weighted by atomic mass is 35.5. The van der Waals surface area contributed by atoms with Gasteiger partial charge >= 0.3 is 6.09 Å². The van der Waals surface area contributed by atoms with Crippen molar-refractivity contribution < 1.29 is 9.53 Å². The molecule has 1 aromatic rings. The molecule has 0 N–H and O–H groups in total. The maximum absolute atomic E-state index is 12.4. The van der Waals surface area contributed by atoms with Gasteiger partial charge in [0.2, 0.25) is 0 Å². The quantitative estimate of drug-likeness (QED) is 0.384. The highest BCUT2D eigenvalue weighted by Crippen LogP contribution is 2.30. The average molecular weight is 441 g/mol. The van der Waals surface area contributed by atoms with Gasteiger partial charge in [-0.15, -0.1) is 0 Å². The molecule has 0 radical (unpaired) electrons. The third kappa shape index (κ3) is 9.18. The van der Waals surface area contributed by atoms with Gasteiger partial charge in [-0.3, -0.25) is 0 Å². The summed E-state index contributed by atoms with van der Waals surface area (Å²) in [6, 6.07) is 7.19. The number of hydrogen-bond donors (Lipinski definition) is 0. The Morgan fingerprint density at radius 3 is 2.45 bits per heavy atom. The summed E-state index contributed by atoms with van der Waals surface area (Å²) < 4.78 is 5.47. The number of rotatable bonds is 11. The molecule has 2 rings (SSSR count). The van der Waals surface area contributed by atoms with Crippen molar-refractivity contribution in [1.82, 2.24) is 9.80 Å². The minimum atomic E-state index is -0.281. The van der Waals surface area contributed by atoms with E-state index >= 15 is 0 Å². The number of thioether (sulfide) groups is 1. The molecule has 1 amide bonds. The highest BCUT2D eigenvalue weighted by molar-refractivity contribution is 7.99. The van der Waals surface area contributed by atoms with Crippen LogP contribution >= 0.6 is 23.4 Å². The molecule has 0 atom stereocenters. The van der Waals surface area contributed by atoms with E-state index < -0.39 is 0 Å². The molecule has 1 aliphatic rings. The van der Waals surface area contributed by atoms with Crippen LogP contribution in [-0.2, 0) is 0 Å². The van der Waals surface area contributed by atoms with Crippen LogP contribution in [0.5, 0.6) is 5.75 Å². The number of halogens is 1. The first-order valence-electron chi connectivity index (χ1n) is 11.0. The van der Waals surface area contributed by atoms with E-state index in [2.05, 4.69) is 30.6 Å².